The zero-order chi connectivity index (χ0) is 27.9. The van der Waals surface area contributed by atoms with Crippen LogP contribution in [0.2, 0.25) is 5.02 Å². The third-order valence-corrected chi connectivity index (χ3v) is 7.97. The fourth-order valence-corrected chi connectivity index (χ4v) is 5.75. The Labute approximate surface area is 234 Å². The molecule has 2 aliphatic heterocycles. The van der Waals surface area contributed by atoms with Gasteiger partial charge in [0.05, 0.1) is 10.6 Å². The van der Waals surface area contributed by atoms with E-state index in [4.69, 9.17) is 21.1 Å². The second kappa shape index (κ2) is 10.7. The van der Waals surface area contributed by atoms with Crippen LogP contribution in [0, 0.1) is 0 Å². The summed E-state index contributed by atoms with van der Waals surface area (Å²) in [5, 5.41) is 0.510. The average molecular weight is 570 g/mol. The average Bonchev–Trinajstić information content (AvgIpc) is 3.59. The van der Waals surface area contributed by atoms with Crippen LogP contribution in [0.1, 0.15) is 34.6 Å². The Hall–Kier alpha value is -3.69. The molecule has 1 saturated heterocycles. The topological polar surface area (TPSA) is 57.8 Å². The van der Waals surface area contributed by atoms with Crippen molar-refractivity contribution in [2.24, 2.45) is 0 Å². The van der Waals surface area contributed by atoms with Gasteiger partial charge in [-0.15, -0.1) is 0 Å². The fourth-order valence-electron chi connectivity index (χ4n) is 5.52. The van der Waals surface area contributed by atoms with Crippen molar-refractivity contribution in [2.45, 2.75) is 25.1 Å². The summed E-state index contributed by atoms with van der Waals surface area (Å²) in [6, 6.07) is 17.4. The van der Waals surface area contributed by atoms with Gasteiger partial charge in [-0.1, -0.05) is 41.9 Å². The van der Waals surface area contributed by atoms with E-state index in [0.717, 1.165) is 46.1 Å². The molecule has 208 valence electrons. The van der Waals surface area contributed by atoms with Gasteiger partial charge in [-0.3, -0.25) is 9.69 Å². The van der Waals surface area contributed by atoms with E-state index in [-0.39, 0.29) is 24.1 Å². The van der Waals surface area contributed by atoms with Crippen LogP contribution in [-0.4, -0.2) is 53.7 Å². The summed E-state index contributed by atoms with van der Waals surface area (Å²) < 4.78 is 52.0. The number of aromatic amines is 1. The number of carbonyl (C=O) groups is 1. The molecule has 0 bridgehead atoms. The lowest BCUT2D eigenvalue weighted by molar-refractivity contribution is -0.137. The van der Waals surface area contributed by atoms with E-state index in [1.54, 1.807) is 17.2 Å². The number of carbonyl (C=O) groups excluding carboxylic acids is 1. The molecule has 1 atom stereocenters. The van der Waals surface area contributed by atoms with E-state index in [1.165, 1.54) is 6.07 Å². The summed E-state index contributed by atoms with van der Waals surface area (Å²) in [7, 11) is 0. The number of alkyl halides is 3. The number of hydrogen-bond acceptors (Lipinski definition) is 4. The molecule has 0 spiro atoms. The van der Waals surface area contributed by atoms with Gasteiger partial charge in [-0.25, -0.2) is 0 Å². The summed E-state index contributed by atoms with van der Waals surface area (Å²) >= 11 is 5.91. The lowest BCUT2D eigenvalue weighted by Crippen LogP contribution is -2.48. The Morgan fingerprint density at radius 1 is 0.975 bits per heavy atom. The predicted molar refractivity (Wildman–Crippen MR) is 146 cm³/mol. The number of rotatable bonds is 6. The molecule has 0 saturated carbocycles. The summed E-state index contributed by atoms with van der Waals surface area (Å²) in [6.45, 7) is 3.42. The van der Waals surface area contributed by atoms with Gasteiger partial charge in [0.25, 0.3) is 0 Å². The maximum absolute atomic E-state index is 13.7. The Kier molecular flexibility index (Phi) is 7.10. The third-order valence-electron chi connectivity index (χ3n) is 7.64. The van der Waals surface area contributed by atoms with Gasteiger partial charge in [0.1, 0.15) is 0 Å². The van der Waals surface area contributed by atoms with E-state index >= 15 is 0 Å². The molecule has 3 heterocycles. The van der Waals surface area contributed by atoms with Crippen molar-refractivity contribution in [1.29, 1.82) is 0 Å². The largest absolute Gasteiger partial charge is 0.454 e. The maximum Gasteiger partial charge on any atom is 0.417 e. The van der Waals surface area contributed by atoms with Gasteiger partial charge in [-0.2, -0.15) is 13.2 Å². The number of fused-ring (bicyclic) bond motifs is 2. The number of halogens is 4. The summed E-state index contributed by atoms with van der Waals surface area (Å²) in [4.78, 5) is 20.8. The molecular formula is C30H27ClF3N3O3. The van der Waals surface area contributed by atoms with Crippen molar-refractivity contribution in [3.8, 4) is 11.5 Å². The van der Waals surface area contributed by atoms with Gasteiger partial charge in [0, 0.05) is 62.2 Å². The zero-order valence-corrected chi connectivity index (χ0v) is 22.3. The van der Waals surface area contributed by atoms with Gasteiger partial charge < -0.3 is 19.4 Å². The van der Waals surface area contributed by atoms with Gasteiger partial charge in [0.2, 0.25) is 12.7 Å². The van der Waals surface area contributed by atoms with E-state index in [2.05, 4.69) is 9.88 Å². The number of H-pyrrole nitrogens is 1. The minimum absolute atomic E-state index is 0.0446. The van der Waals surface area contributed by atoms with Crippen molar-refractivity contribution >= 4 is 28.4 Å². The molecule has 6 rings (SSSR count). The molecule has 6 nitrogen and oxygen atoms in total. The van der Waals surface area contributed by atoms with Crippen LogP contribution in [0.3, 0.4) is 0 Å². The molecule has 1 fully saturated rings. The van der Waals surface area contributed by atoms with Crippen molar-refractivity contribution in [3.63, 3.8) is 0 Å². The molecule has 0 unspecified atom stereocenters. The maximum atomic E-state index is 13.7. The molecular weight excluding hydrogens is 543 g/mol. The normalized spacial score (nSPS) is 16.4. The number of nitrogens with one attached hydrogen (secondary N) is 1. The molecule has 1 amide bonds. The number of benzene rings is 3. The summed E-state index contributed by atoms with van der Waals surface area (Å²) in [5.74, 6) is 0.813. The Morgan fingerprint density at radius 2 is 1.75 bits per heavy atom. The molecule has 40 heavy (non-hydrogen) atoms. The van der Waals surface area contributed by atoms with Gasteiger partial charge in [-0.05, 0) is 47.0 Å². The van der Waals surface area contributed by atoms with Gasteiger partial charge >= 0.3 is 6.18 Å². The molecule has 4 aromatic rings. The number of aromatic nitrogens is 1. The summed E-state index contributed by atoms with van der Waals surface area (Å²) in [5.41, 5.74) is 2.24. The van der Waals surface area contributed by atoms with Crippen LogP contribution in [0.4, 0.5) is 13.2 Å². The van der Waals surface area contributed by atoms with Crippen molar-refractivity contribution in [1.82, 2.24) is 14.8 Å². The van der Waals surface area contributed by atoms with Crippen LogP contribution in [-0.2, 0) is 17.5 Å². The first-order chi connectivity index (χ1) is 19.3. The van der Waals surface area contributed by atoms with Crippen molar-refractivity contribution < 1.29 is 27.4 Å². The molecule has 0 radical (unpaired) electrons. The van der Waals surface area contributed by atoms with Crippen molar-refractivity contribution in [3.05, 3.63) is 94.1 Å². The Bertz CT molecular complexity index is 1550. The monoisotopic (exact) mass is 569 g/mol. The molecule has 0 aliphatic carbocycles. The fraction of sp³-hybridized carbons (Fsp3) is 0.300. The first-order valence-corrected chi connectivity index (χ1v) is 13.5. The standard InChI is InChI=1S/C30H27ClF3N3O3/c31-25-7-6-20(14-24(25)30(32,33)34)22(23-16-35-26-4-2-1-3-21(23)26)15-29(38)37-11-9-36(10-12-37)17-19-5-8-27-28(13-19)40-18-39-27/h1-8,13-14,16,22,35H,9-12,15,17-18H2/t22-/m1/s1. The van der Waals surface area contributed by atoms with Crippen LogP contribution >= 0.6 is 11.6 Å². The zero-order valence-electron chi connectivity index (χ0n) is 21.5. The number of amides is 1. The van der Waals surface area contributed by atoms with E-state index in [9.17, 15) is 18.0 Å². The number of para-hydroxylation sites is 1. The number of piperazine rings is 1. The highest BCUT2D eigenvalue weighted by Gasteiger charge is 2.35. The second-order valence-corrected chi connectivity index (χ2v) is 10.5. The lowest BCUT2D eigenvalue weighted by Gasteiger charge is -2.35. The minimum Gasteiger partial charge on any atom is -0.454 e. The van der Waals surface area contributed by atoms with Crippen molar-refractivity contribution in [2.75, 3.05) is 33.0 Å². The van der Waals surface area contributed by atoms with Crippen LogP contribution in [0.15, 0.2) is 66.9 Å². The Balaban J connectivity index is 1.20. The van der Waals surface area contributed by atoms with E-state index in [1.807, 2.05) is 42.5 Å². The quantitative estimate of drug-likeness (QED) is 0.290. The molecule has 3 aromatic carbocycles. The highest BCUT2D eigenvalue weighted by Crippen LogP contribution is 2.40. The molecule has 1 aromatic heterocycles. The number of nitrogens with zero attached hydrogens (tertiary/aromatic N) is 2. The Morgan fingerprint density at radius 3 is 2.55 bits per heavy atom. The molecule has 2 aliphatic rings. The second-order valence-electron chi connectivity index (χ2n) is 10.1. The predicted octanol–water partition coefficient (Wildman–Crippen LogP) is 6.44. The van der Waals surface area contributed by atoms with Crippen LogP contribution < -0.4 is 9.47 Å². The highest BCUT2D eigenvalue weighted by atomic mass is 35.5. The third kappa shape index (κ3) is 5.36. The molecule has 1 N–H and O–H groups in total. The van der Waals surface area contributed by atoms with Crippen LogP contribution in [0.25, 0.3) is 10.9 Å². The summed E-state index contributed by atoms with van der Waals surface area (Å²) in [6.07, 6.45) is -2.77. The van der Waals surface area contributed by atoms with Crippen LogP contribution in [0.5, 0.6) is 11.5 Å². The first kappa shape index (κ1) is 26.5. The smallest absolute Gasteiger partial charge is 0.417 e. The van der Waals surface area contributed by atoms with Gasteiger partial charge in [0.15, 0.2) is 11.5 Å². The van der Waals surface area contributed by atoms with E-state index in [0.29, 0.717) is 31.7 Å². The molecule has 10 heteroatoms. The van der Waals surface area contributed by atoms with E-state index < -0.39 is 17.7 Å². The lowest BCUT2D eigenvalue weighted by atomic mass is 9.87. The number of hydrogen-bond donors (Lipinski definition) is 1. The number of ether oxygens (including phenoxy) is 2. The minimum atomic E-state index is -4.60. The first-order valence-electron chi connectivity index (χ1n) is 13.1. The highest BCUT2D eigenvalue weighted by molar-refractivity contribution is 6.31. The SMILES string of the molecule is O=C(C[C@H](c1ccc(Cl)c(C(F)(F)F)c1)c1c[nH]c2ccccc12)N1CCN(Cc2ccc3c(c2)OCO3)CC1.